The van der Waals surface area contributed by atoms with E-state index in [9.17, 15) is 0 Å². The third kappa shape index (κ3) is 5.31. The molecule has 3 rings (SSSR count). The molecular weight excluding hydrogens is 442 g/mol. The summed E-state index contributed by atoms with van der Waals surface area (Å²) >= 11 is 6.22. The van der Waals surface area contributed by atoms with E-state index in [1.165, 1.54) is 0 Å². The van der Waals surface area contributed by atoms with E-state index < -0.39 is 0 Å². The molecule has 2 aliphatic heterocycles. The number of allylic oxidation sites excluding steroid dienone is 4. The van der Waals surface area contributed by atoms with Crippen LogP contribution in [0.1, 0.15) is 32.4 Å². The van der Waals surface area contributed by atoms with Crippen LogP contribution in [0.5, 0.6) is 0 Å². The van der Waals surface area contributed by atoms with Crippen molar-refractivity contribution >= 4 is 17.3 Å². The summed E-state index contributed by atoms with van der Waals surface area (Å²) < 4.78 is 0. The molecule has 0 spiro atoms. The van der Waals surface area contributed by atoms with Crippen LogP contribution in [0, 0.1) is 5.41 Å². The maximum absolute atomic E-state index is 8.77. The first kappa shape index (κ1) is 25.4. The Hall–Kier alpha value is -3.18. The van der Waals surface area contributed by atoms with E-state index in [1.807, 2.05) is 56.1 Å². The van der Waals surface area contributed by atoms with Crippen molar-refractivity contribution in [2.24, 2.45) is 0 Å². The molecule has 1 fully saturated rings. The van der Waals surface area contributed by atoms with E-state index >= 15 is 0 Å². The van der Waals surface area contributed by atoms with Gasteiger partial charge >= 0.3 is 0 Å². The quantitative estimate of drug-likeness (QED) is 0.346. The number of hydrogen-bond acceptors (Lipinski definition) is 5. The second kappa shape index (κ2) is 10.4. The van der Waals surface area contributed by atoms with Gasteiger partial charge in [0.25, 0.3) is 0 Å². The van der Waals surface area contributed by atoms with Gasteiger partial charge in [0, 0.05) is 66.8 Å². The number of likely N-dealkylation sites (N-methyl/N-ethyl adjacent to an activating group) is 2. The number of nitrogens with one attached hydrogen (secondary N) is 2. The van der Waals surface area contributed by atoms with Crippen LogP contribution in [0.25, 0.3) is 0 Å². The van der Waals surface area contributed by atoms with Crippen molar-refractivity contribution in [3.8, 4) is 0 Å². The van der Waals surface area contributed by atoms with Gasteiger partial charge in [-0.15, -0.1) is 0 Å². The van der Waals surface area contributed by atoms with Crippen LogP contribution in [0.15, 0.2) is 96.3 Å². The van der Waals surface area contributed by atoms with Crippen molar-refractivity contribution in [1.82, 2.24) is 20.0 Å². The van der Waals surface area contributed by atoms with Crippen molar-refractivity contribution in [1.29, 1.82) is 5.41 Å². The highest BCUT2D eigenvalue weighted by atomic mass is 35.5. The zero-order valence-electron chi connectivity index (χ0n) is 21.0. The zero-order chi connectivity index (χ0) is 25.2. The van der Waals surface area contributed by atoms with E-state index in [-0.39, 0.29) is 12.1 Å². The number of nitrogens with zero attached hydrogens (tertiary/aromatic N) is 3. The molecule has 2 aliphatic rings. The Labute approximate surface area is 209 Å². The van der Waals surface area contributed by atoms with Crippen LogP contribution in [-0.2, 0) is 0 Å². The molecule has 1 aromatic carbocycles. The minimum atomic E-state index is -0.220. The first-order chi connectivity index (χ1) is 16.0. The molecule has 0 radical (unpaired) electrons. The van der Waals surface area contributed by atoms with Gasteiger partial charge < -0.3 is 25.4 Å². The smallest absolute Gasteiger partial charge is 0.0830 e. The summed E-state index contributed by atoms with van der Waals surface area (Å²) in [6, 6.07) is 7.92. The van der Waals surface area contributed by atoms with Crippen molar-refractivity contribution in [2.75, 3.05) is 27.2 Å². The molecule has 1 saturated heterocycles. The van der Waals surface area contributed by atoms with Gasteiger partial charge in [-0.1, -0.05) is 43.5 Å². The molecule has 0 saturated carbocycles. The monoisotopic (exact) mass is 477 g/mol. The Kier molecular flexibility index (Phi) is 7.78. The average Bonchev–Trinajstić information content (AvgIpc) is 2.75. The Morgan fingerprint density at radius 1 is 1.26 bits per heavy atom. The molecule has 1 aromatic rings. The molecule has 5 nitrogen and oxygen atoms in total. The number of rotatable bonds is 9. The minimum Gasteiger partial charge on any atom is -0.378 e. The van der Waals surface area contributed by atoms with E-state index in [4.69, 9.17) is 17.0 Å². The third-order valence-corrected chi connectivity index (χ3v) is 6.76. The molecule has 0 aliphatic carbocycles. The fourth-order valence-corrected chi connectivity index (χ4v) is 4.50. The number of hydrogen-bond donors (Lipinski definition) is 2. The highest BCUT2D eigenvalue weighted by Crippen LogP contribution is 2.36. The fourth-order valence-electron chi connectivity index (χ4n) is 4.37. The highest BCUT2D eigenvalue weighted by Gasteiger charge is 2.31. The van der Waals surface area contributed by atoms with E-state index in [1.54, 1.807) is 0 Å². The topological polar surface area (TPSA) is 45.6 Å². The van der Waals surface area contributed by atoms with Gasteiger partial charge in [-0.3, -0.25) is 0 Å². The van der Waals surface area contributed by atoms with Crippen molar-refractivity contribution < 1.29 is 0 Å². The number of halogens is 1. The first-order valence-corrected chi connectivity index (χ1v) is 11.8. The van der Waals surface area contributed by atoms with Crippen LogP contribution in [-0.4, -0.2) is 53.6 Å². The molecule has 0 bridgehead atoms. The lowest BCUT2D eigenvalue weighted by atomic mass is 9.91. The molecule has 6 heteroatoms. The molecular formula is C28H36ClN5. The fraction of sp³-hybridized carbons (Fsp3) is 0.321. The molecule has 2 N–H and O–H groups in total. The van der Waals surface area contributed by atoms with Crippen molar-refractivity contribution in [3.05, 3.63) is 107 Å². The zero-order valence-corrected chi connectivity index (χ0v) is 21.7. The molecule has 0 amide bonds. The van der Waals surface area contributed by atoms with Gasteiger partial charge in [-0.2, -0.15) is 0 Å². The second-order valence-electron chi connectivity index (χ2n) is 9.14. The predicted molar refractivity (Wildman–Crippen MR) is 145 cm³/mol. The van der Waals surface area contributed by atoms with Gasteiger partial charge in [-0.25, -0.2) is 0 Å². The SMILES string of the molecule is C=C/C(NC1CN(C(=C)C)C1)=C(/C(C)=N)C(c1ccc(Cl)cc1)N(C)C1=CN(C)C(=C)C(C)=C1. The highest BCUT2D eigenvalue weighted by molar-refractivity contribution is 6.30. The van der Waals surface area contributed by atoms with Crippen LogP contribution in [0.2, 0.25) is 5.02 Å². The summed E-state index contributed by atoms with van der Waals surface area (Å²) in [6.07, 6.45) is 6.05. The molecule has 0 aromatic heterocycles. The number of likely N-dealkylation sites (tertiary alicyclic amines) is 1. The Balaban J connectivity index is 2.08. The summed E-state index contributed by atoms with van der Waals surface area (Å²) in [7, 11) is 4.07. The van der Waals surface area contributed by atoms with Crippen LogP contribution in [0.3, 0.4) is 0 Å². The van der Waals surface area contributed by atoms with Gasteiger partial charge in [-0.05, 0) is 56.2 Å². The van der Waals surface area contributed by atoms with Gasteiger partial charge in [0.1, 0.15) is 0 Å². The Morgan fingerprint density at radius 3 is 2.38 bits per heavy atom. The minimum absolute atomic E-state index is 0.220. The number of benzene rings is 1. The van der Waals surface area contributed by atoms with Crippen molar-refractivity contribution in [2.45, 2.75) is 32.9 Å². The summed E-state index contributed by atoms with van der Waals surface area (Å²) in [5.74, 6) is 0. The molecule has 2 heterocycles. The van der Waals surface area contributed by atoms with E-state index in [0.717, 1.165) is 52.6 Å². The third-order valence-electron chi connectivity index (χ3n) is 6.50. The van der Waals surface area contributed by atoms with Crippen molar-refractivity contribution in [3.63, 3.8) is 0 Å². The van der Waals surface area contributed by atoms with Crippen LogP contribution < -0.4 is 5.32 Å². The van der Waals surface area contributed by atoms with Crippen LogP contribution in [0.4, 0.5) is 0 Å². The molecule has 1 atom stereocenters. The van der Waals surface area contributed by atoms with Gasteiger partial charge in [0.15, 0.2) is 0 Å². The molecule has 34 heavy (non-hydrogen) atoms. The standard InChI is InChI=1S/C28H36ClN5/c1-9-26(31-24-15-34(16-24)18(2)3)27(20(5)30)28(22-10-12-23(29)13-11-22)33(8)25-14-19(4)21(6)32(7)17-25/h9-14,17,24,28,30-31H,1-2,6,15-16H2,3-5,7-8H3/b27-26+,30-20?. The van der Waals surface area contributed by atoms with E-state index in [0.29, 0.717) is 10.7 Å². The van der Waals surface area contributed by atoms with E-state index in [2.05, 4.69) is 61.1 Å². The lowest BCUT2D eigenvalue weighted by Crippen LogP contribution is -2.56. The van der Waals surface area contributed by atoms with Gasteiger partial charge in [0.2, 0.25) is 0 Å². The molecule has 1 unspecified atom stereocenters. The predicted octanol–water partition coefficient (Wildman–Crippen LogP) is 5.85. The lowest BCUT2D eigenvalue weighted by Gasteiger charge is -2.43. The summed E-state index contributed by atoms with van der Waals surface area (Å²) in [6.45, 7) is 20.0. The lowest BCUT2D eigenvalue weighted by molar-refractivity contribution is 0.181. The maximum atomic E-state index is 8.77. The summed E-state index contributed by atoms with van der Waals surface area (Å²) in [4.78, 5) is 6.48. The largest absolute Gasteiger partial charge is 0.378 e. The summed E-state index contributed by atoms with van der Waals surface area (Å²) in [5, 5.41) is 13.1. The molecule has 180 valence electrons. The normalized spacial score (nSPS) is 17.8. The second-order valence-corrected chi connectivity index (χ2v) is 9.58. The average molecular weight is 478 g/mol. The summed E-state index contributed by atoms with van der Waals surface area (Å²) in [5.41, 5.74) is 7.47. The Morgan fingerprint density at radius 2 is 1.88 bits per heavy atom. The Bertz CT molecular complexity index is 1090. The van der Waals surface area contributed by atoms with Gasteiger partial charge in [0.05, 0.1) is 17.8 Å². The van der Waals surface area contributed by atoms with Crippen LogP contribution >= 0.6 is 11.6 Å². The maximum Gasteiger partial charge on any atom is 0.0830 e. The first-order valence-electron chi connectivity index (χ1n) is 11.4.